The number of nitrogens with zero attached hydrogens (tertiary/aromatic N) is 2. The number of rotatable bonds is 2. The summed E-state index contributed by atoms with van der Waals surface area (Å²) in [7, 11) is 0. The van der Waals surface area contributed by atoms with Crippen molar-refractivity contribution >= 4 is 11.4 Å². The van der Waals surface area contributed by atoms with E-state index < -0.39 is 0 Å². The molecule has 1 aromatic rings. The van der Waals surface area contributed by atoms with Crippen LogP contribution in [0, 0.1) is 29.8 Å². The van der Waals surface area contributed by atoms with Gasteiger partial charge >= 0.3 is 0 Å². The topological polar surface area (TPSA) is 71.6 Å². The van der Waals surface area contributed by atoms with E-state index in [-0.39, 0.29) is 0 Å². The fourth-order valence-corrected chi connectivity index (χ4v) is 1.01. The van der Waals surface area contributed by atoms with Crippen LogP contribution in [0.25, 0.3) is 0 Å². The lowest BCUT2D eigenvalue weighted by molar-refractivity contribution is 1.40. The van der Waals surface area contributed by atoms with Gasteiger partial charge in [0, 0.05) is 5.69 Å². The van der Waals surface area contributed by atoms with E-state index >= 15 is 0 Å². The number of hydrogen-bond donors (Lipinski definition) is 2. The third kappa shape index (κ3) is 2.11. The zero-order chi connectivity index (χ0) is 9.68. The second kappa shape index (κ2) is 3.99. The van der Waals surface area contributed by atoms with Crippen LogP contribution in [0.3, 0.4) is 0 Å². The molecule has 2 N–H and O–H groups in total. The number of nitrogens with one attached hydrogen (secondary N) is 2. The predicted octanol–water partition coefficient (Wildman–Crippen LogP) is 1.78. The molecule has 0 aliphatic carbocycles. The number of benzene rings is 1. The van der Waals surface area contributed by atoms with E-state index in [9.17, 15) is 0 Å². The van der Waals surface area contributed by atoms with Gasteiger partial charge in [-0.2, -0.15) is 10.5 Å². The molecule has 0 spiro atoms. The van der Waals surface area contributed by atoms with E-state index in [1.165, 1.54) is 0 Å². The van der Waals surface area contributed by atoms with E-state index in [4.69, 9.17) is 10.5 Å². The van der Waals surface area contributed by atoms with Crippen molar-refractivity contribution < 1.29 is 0 Å². The van der Waals surface area contributed by atoms with Gasteiger partial charge in [0.25, 0.3) is 0 Å². The first-order valence-corrected chi connectivity index (χ1v) is 3.69. The molecule has 0 bridgehead atoms. The molecular formula is C9H8N4. The first-order valence-electron chi connectivity index (χ1n) is 3.69. The summed E-state index contributed by atoms with van der Waals surface area (Å²) < 4.78 is 0. The molecule has 1 aromatic carbocycles. The van der Waals surface area contributed by atoms with Crippen molar-refractivity contribution in [2.75, 3.05) is 10.6 Å². The molecule has 4 nitrogen and oxygen atoms in total. The van der Waals surface area contributed by atoms with Crippen molar-refractivity contribution in [1.82, 2.24) is 0 Å². The van der Waals surface area contributed by atoms with Crippen LogP contribution in [0.2, 0.25) is 0 Å². The Bertz CT molecular complexity index is 384. The quantitative estimate of drug-likeness (QED) is 0.527. The van der Waals surface area contributed by atoms with Gasteiger partial charge in [0.2, 0.25) is 0 Å². The zero-order valence-electron chi connectivity index (χ0n) is 7.13. The molecule has 64 valence electrons. The summed E-state index contributed by atoms with van der Waals surface area (Å²) in [6.07, 6.45) is 3.67. The molecule has 13 heavy (non-hydrogen) atoms. The molecule has 0 aliphatic heterocycles. The summed E-state index contributed by atoms with van der Waals surface area (Å²) in [4.78, 5) is 0. The lowest BCUT2D eigenvalue weighted by atomic mass is 10.2. The van der Waals surface area contributed by atoms with Gasteiger partial charge in [0.1, 0.15) is 0 Å². The van der Waals surface area contributed by atoms with E-state index in [0.717, 1.165) is 16.9 Å². The van der Waals surface area contributed by atoms with Crippen LogP contribution >= 0.6 is 0 Å². The van der Waals surface area contributed by atoms with Crippen molar-refractivity contribution in [3.63, 3.8) is 0 Å². The zero-order valence-corrected chi connectivity index (χ0v) is 7.13. The average Bonchev–Trinajstić information content (AvgIpc) is 2.10. The van der Waals surface area contributed by atoms with E-state index in [2.05, 4.69) is 10.6 Å². The van der Waals surface area contributed by atoms with Gasteiger partial charge in [-0.25, -0.2) is 0 Å². The summed E-state index contributed by atoms with van der Waals surface area (Å²) in [5.74, 6) is 0. The molecule has 0 saturated heterocycles. The smallest absolute Gasteiger partial charge is 0.181 e. The summed E-state index contributed by atoms with van der Waals surface area (Å²) in [5, 5.41) is 21.8. The van der Waals surface area contributed by atoms with Gasteiger partial charge in [0.15, 0.2) is 12.4 Å². The minimum atomic E-state index is 0.725. The van der Waals surface area contributed by atoms with Crippen molar-refractivity contribution in [1.29, 1.82) is 10.5 Å². The first kappa shape index (κ1) is 8.89. The Balaban J connectivity index is 2.94. The predicted molar refractivity (Wildman–Crippen MR) is 49.7 cm³/mol. The third-order valence-corrected chi connectivity index (χ3v) is 1.62. The van der Waals surface area contributed by atoms with Crippen molar-refractivity contribution in [2.24, 2.45) is 0 Å². The van der Waals surface area contributed by atoms with Crippen molar-refractivity contribution in [3.8, 4) is 12.4 Å². The summed E-state index contributed by atoms with van der Waals surface area (Å²) >= 11 is 0. The van der Waals surface area contributed by atoms with E-state index in [1.807, 2.05) is 19.3 Å². The number of aryl methyl sites for hydroxylation is 1. The Morgan fingerprint density at radius 2 is 1.85 bits per heavy atom. The van der Waals surface area contributed by atoms with Crippen molar-refractivity contribution in [3.05, 3.63) is 23.8 Å². The van der Waals surface area contributed by atoms with Crippen molar-refractivity contribution in [2.45, 2.75) is 6.92 Å². The second-order valence-corrected chi connectivity index (χ2v) is 2.50. The Morgan fingerprint density at radius 1 is 1.15 bits per heavy atom. The van der Waals surface area contributed by atoms with Gasteiger partial charge < -0.3 is 0 Å². The summed E-state index contributed by atoms with van der Waals surface area (Å²) in [5.41, 5.74) is 2.40. The second-order valence-electron chi connectivity index (χ2n) is 2.50. The van der Waals surface area contributed by atoms with Gasteiger partial charge in [-0.05, 0) is 30.7 Å². The Kier molecular flexibility index (Phi) is 2.73. The molecule has 0 aliphatic rings. The molecule has 0 fully saturated rings. The van der Waals surface area contributed by atoms with Crippen LogP contribution in [0.15, 0.2) is 18.2 Å². The van der Waals surface area contributed by atoms with Crippen LogP contribution < -0.4 is 10.6 Å². The number of anilines is 2. The Labute approximate surface area is 76.4 Å². The van der Waals surface area contributed by atoms with E-state index in [0.29, 0.717) is 0 Å². The molecule has 0 atom stereocenters. The summed E-state index contributed by atoms with van der Waals surface area (Å²) in [6, 6.07) is 5.27. The molecule has 0 amide bonds. The summed E-state index contributed by atoms with van der Waals surface area (Å²) in [6.45, 7) is 1.86. The molecular weight excluding hydrogens is 164 g/mol. The number of hydrogen-bond acceptors (Lipinski definition) is 4. The lowest BCUT2D eigenvalue weighted by Gasteiger charge is -2.04. The lowest BCUT2D eigenvalue weighted by Crippen LogP contribution is -1.93. The molecule has 0 heterocycles. The van der Waals surface area contributed by atoms with Crippen LogP contribution in [0.4, 0.5) is 11.4 Å². The highest BCUT2D eigenvalue weighted by Crippen LogP contribution is 2.18. The highest BCUT2D eigenvalue weighted by Gasteiger charge is 1.97. The maximum atomic E-state index is 8.39. The SMILES string of the molecule is Cc1cc(NC#N)ccc1NC#N. The Morgan fingerprint density at radius 3 is 2.38 bits per heavy atom. The number of nitriles is 2. The highest BCUT2D eigenvalue weighted by atomic mass is 14.9. The average molecular weight is 172 g/mol. The fraction of sp³-hybridized carbons (Fsp3) is 0.111. The molecule has 0 radical (unpaired) electrons. The van der Waals surface area contributed by atoms with Crippen LogP contribution in [-0.4, -0.2) is 0 Å². The van der Waals surface area contributed by atoms with Crippen LogP contribution in [-0.2, 0) is 0 Å². The normalized spacial score (nSPS) is 8.23. The molecule has 4 heteroatoms. The largest absolute Gasteiger partial charge is 0.293 e. The minimum Gasteiger partial charge on any atom is -0.293 e. The monoisotopic (exact) mass is 172 g/mol. The van der Waals surface area contributed by atoms with E-state index in [1.54, 1.807) is 18.2 Å². The van der Waals surface area contributed by atoms with Gasteiger partial charge in [-0.3, -0.25) is 10.6 Å². The fourth-order valence-electron chi connectivity index (χ4n) is 1.01. The highest BCUT2D eigenvalue weighted by molar-refractivity contribution is 5.61. The van der Waals surface area contributed by atoms with Crippen LogP contribution in [0.1, 0.15) is 5.56 Å². The Hall–Kier alpha value is -2.20. The maximum Gasteiger partial charge on any atom is 0.181 e. The molecule has 1 rings (SSSR count). The molecule has 0 unspecified atom stereocenters. The van der Waals surface area contributed by atoms with Gasteiger partial charge in [-0.15, -0.1) is 0 Å². The first-order chi connectivity index (χ1) is 6.27. The van der Waals surface area contributed by atoms with Crippen LogP contribution in [0.5, 0.6) is 0 Å². The van der Waals surface area contributed by atoms with Gasteiger partial charge in [-0.1, -0.05) is 0 Å². The van der Waals surface area contributed by atoms with Gasteiger partial charge in [0.05, 0.1) is 5.69 Å². The molecule has 0 saturated carbocycles. The standard InChI is InChI=1S/C9H8N4/c1-7-4-8(12-5-10)2-3-9(7)13-6-11/h2-4,12-13H,1H3. The molecule has 0 aromatic heterocycles. The third-order valence-electron chi connectivity index (χ3n) is 1.62. The minimum absolute atomic E-state index is 0.725. The maximum absolute atomic E-state index is 8.39.